The number of methoxy groups -OCH3 is 1. The lowest BCUT2D eigenvalue weighted by Gasteiger charge is -2.29. The molecule has 33 heavy (non-hydrogen) atoms. The molecule has 6 nitrogen and oxygen atoms in total. The van der Waals surface area contributed by atoms with Crippen LogP contribution in [-0.4, -0.2) is 30.4 Å². The standard InChI is InChI=1S/C25H21ClN2O4S/c1-28-22-11-8-18(25(30)27-15-16-6-9-20(32-2)10-7-16)14-21(22)24(29)23(33(28)31)13-17-4-3-5-19(26)12-17/h3-14H,15H2,1-2H3,(H,27,30)/b23-13+. The van der Waals surface area contributed by atoms with Gasteiger partial charge in [-0.2, -0.15) is 4.31 Å². The fourth-order valence-corrected chi connectivity index (χ4v) is 4.81. The van der Waals surface area contributed by atoms with Crippen molar-refractivity contribution in [1.82, 2.24) is 5.32 Å². The summed E-state index contributed by atoms with van der Waals surface area (Å²) in [5.41, 5.74) is 2.76. The molecule has 4 rings (SSSR count). The number of nitrogens with one attached hydrogen (secondary N) is 1. The number of ether oxygens (including phenoxy) is 1. The van der Waals surface area contributed by atoms with Crippen LogP contribution in [0.4, 0.5) is 5.69 Å². The van der Waals surface area contributed by atoms with Crippen molar-refractivity contribution in [1.29, 1.82) is 0 Å². The van der Waals surface area contributed by atoms with Gasteiger partial charge in [0, 0.05) is 23.2 Å². The summed E-state index contributed by atoms with van der Waals surface area (Å²) in [6.45, 7) is 0.331. The third-order valence-corrected chi connectivity index (χ3v) is 6.87. The van der Waals surface area contributed by atoms with Crippen molar-refractivity contribution in [2.45, 2.75) is 6.54 Å². The highest BCUT2D eigenvalue weighted by Crippen LogP contribution is 2.35. The van der Waals surface area contributed by atoms with Gasteiger partial charge in [-0.1, -0.05) is 35.9 Å². The highest BCUT2D eigenvalue weighted by atomic mass is 35.5. The first-order valence-corrected chi connectivity index (χ1v) is 11.6. The molecule has 1 atom stereocenters. The molecule has 1 aliphatic rings. The van der Waals surface area contributed by atoms with Crippen LogP contribution in [0, 0.1) is 0 Å². The highest BCUT2D eigenvalue weighted by molar-refractivity contribution is 7.97. The Morgan fingerprint density at radius 2 is 1.91 bits per heavy atom. The SMILES string of the molecule is COc1ccc(CNC(=O)c2ccc3c(c2)C(=O)/C(=C\c2cccc(Cl)c2)[S+]([O-])N3C)cc1. The number of hydrogen-bond donors (Lipinski definition) is 1. The van der Waals surface area contributed by atoms with Gasteiger partial charge in [0.05, 0.1) is 25.4 Å². The zero-order valence-corrected chi connectivity index (χ0v) is 19.6. The Bertz CT molecular complexity index is 1240. The molecule has 3 aromatic rings. The van der Waals surface area contributed by atoms with Gasteiger partial charge in [-0.05, 0) is 53.6 Å². The van der Waals surface area contributed by atoms with E-state index in [-0.39, 0.29) is 16.6 Å². The average molecular weight is 481 g/mol. The minimum absolute atomic E-state index is 0.128. The van der Waals surface area contributed by atoms with Crippen LogP contribution in [0.25, 0.3) is 6.08 Å². The van der Waals surface area contributed by atoms with E-state index in [0.717, 1.165) is 11.3 Å². The predicted molar refractivity (Wildman–Crippen MR) is 131 cm³/mol. The molecule has 0 fully saturated rings. The average Bonchev–Trinajstić information content (AvgIpc) is 2.83. The predicted octanol–water partition coefficient (Wildman–Crippen LogP) is 4.62. The maximum Gasteiger partial charge on any atom is 0.251 e. The number of fused-ring (bicyclic) bond motifs is 1. The number of allylic oxidation sites excluding steroid dienone is 1. The summed E-state index contributed by atoms with van der Waals surface area (Å²) in [5.74, 6) is 0.0452. The third-order valence-electron chi connectivity index (χ3n) is 5.26. The number of ketones is 1. The van der Waals surface area contributed by atoms with Gasteiger partial charge in [0.1, 0.15) is 17.1 Å². The monoisotopic (exact) mass is 480 g/mol. The van der Waals surface area contributed by atoms with E-state index in [9.17, 15) is 14.1 Å². The Morgan fingerprint density at radius 3 is 2.61 bits per heavy atom. The number of carbonyl (C=O) groups excluding carboxylic acids is 2. The van der Waals surface area contributed by atoms with Gasteiger partial charge in [-0.15, -0.1) is 0 Å². The van der Waals surface area contributed by atoms with Crippen LogP contribution in [0.15, 0.2) is 71.6 Å². The quantitative estimate of drug-likeness (QED) is 0.426. The van der Waals surface area contributed by atoms with Gasteiger partial charge >= 0.3 is 0 Å². The zero-order valence-electron chi connectivity index (χ0n) is 18.0. The second kappa shape index (κ2) is 9.70. The van der Waals surface area contributed by atoms with E-state index in [1.807, 2.05) is 24.3 Å². The Balaban J connectivity index is 1.58. The van der Waals surface area contributed by atoms with E-state index in [4.69, 9.17) is 16.3 Å². The first-order chi connectivity index (χ1) is 15.9. The molecule has 8 heteroatoms. The second-order valence-corrected chi connectivity index (χ2v) is 9.32. The molecule has 1 amide bonds. The minimum atomic E-state index is -1.68. The summed E-state index contributed by atoms with van der Waals surface area (Å²) < 4.78 is 19.6. The van der Waals surface area contributed by atoms with Crippen LogP contribution >= 0.6 is 11.6 Å². The molecule has 1 N–H and O–H groups in total. The van der Waals surface area contributed by atoms with Crippen molar-refractivity contribution < 1.29 is 18.9 Å². The fraction of sp³-hybridized carbons (Fsp3) is 0.120. The molecule has 0 aromatic heterocycles. The van der Waals surface area contributed by atoms with Crippen molar-refractivity contribution in [3.8, 4) is 5.75 Å². The van der Waals surface area contributed by atoms with Gasteiger partial charge in [-0.25, -0.2) is 0 Å². The zero-order chi connectivity index (χ0) is 23.5. The van der Waals surface area contributed by atoms with E-state index < -0.39 is 11.4 Å². The van der Waals surface area contributed by atoms with Gasteiger partial charge < -0.3 is 14.6 Å². The van der Waals surface area contributed by atoms with Crippen LogP contribution in [0.5, 0.6) is 5.75 Å². The molecule has 0 aliphatic carbocycles. The number of benzene rings is 3. The maximum absolute atomic E-state index is 13.2. The molecule has 1 aliphatic heterocycles. The Hall–Kier alpha value is -3.26. The number of hydrogen-bond acceptors (Lipinski definition) is 5. The number of rotatable bonds is 5. The number of nitrogens with zero attached hydrogens (tertiary/aromatic N) is 1. The van der Waals surface area contributed by atoms with E-state index in [0.29, 0.717) is 33.9 Å². The van der Waals surface area contributed by atoms with Crippen LogP contribution < -0.4 is 14.4 Å². The van der Waals surface area contributed by atoms with Gasteiger partial charge in [0.2, 0.25) is 10.7 Å². The fourth-order valence-electron chi connectivity index (χ4n) is 3.47. The number of carbonyl (C=O) groups is 2. The number of halogens is 1. The van der Waals surface area contributed by atoms with E-state index in [1.54, 1.807) is 62.7 Å². The minimum Gasteiger partial charge on any atom is -0.588 e. The van der Waals surface area contributed by atoms with Crippen molar-refractivity contribution in [3.63, 3.8) is 0 Å². The van der Waals surface area contributed by atoms with Crippen molar-refractivity contribution in [3.05, 3.63) is 98.9 Å². The van der Waals surface area contributed by atoms with Crippen LogP contribution in [0.2, 0.25) is 5.02 Å². The van der Waals surface area contributed by atoms with E-state index in [1.165, 1.54) is 4.31 Å². The molecule has 0 radical (unpaired) electrons. The first kappa shape index (κ1) is 22.9. The maximum atomic E-state index is 13.2. The highest BCUT2D eigenvalue weighted by Gasteiger charge is 2.38. The van der Waals surface area contributed by atoms with Gasteiger partial charge in [0.15, 0.2) is 0 Å². The summed E-state index contributed by atoms with van der Waals surface area (Å²) >= 11 is 4.36. The van der Waals surface area contributed by atoms with Crippen LogP contribution in [0.1, 0.15) is 31.8 Å². The van der Waals surface area contributed by atoms with Crippen molar-refractivity contribution in [2.24, 2.45) is 0 Å². The number of Topliss-reactive ketones (excluding diaryl/α,β-unsaturated/α-hetero) is 1. The van der Waals surface area contributed by atoms with Crippen molar-refractivity contribution in [2.75, 3.05) is 18.5 Å². The third kappa shape index (κ3) is 4.90. The largest absolute Gasteiger partial charge is 0.588 e. The van der Waals surface area contributed by atoms with Crippen LogP contribution in [-0.2, 0) is 17.9 Å². The molecule has 3 aromatic carbocycles. The summed E-state index contributed by atoms with van der Waals surface area (Å²) in [7, 11) is 3.24. The Morgan fingerprint density at radius 1 is 1.15 bits per heavy atom. The molecular formula is C25H21ClN2O4S. The molecule has 0 saturated heterocycles. The topological polar surface area (TPSA) is 81.7 Å². The number of anilines is 1. The lowest BCUT2D eigenvalue weighted by atomic mass is 10.0. The molecular weight excluding hydrogens is 460 g/mol. The smallest absolute Gasteiger partial charge is 0.251 e. The first-order valence-electron chi connectivity index (χ1n) is 10.1. The summed E-state index contributed by atoms with van der Waals surface area (Å²) in [4.78, 5) is 26.1. The van der Waals surface area contributed by atoms with Crippen LogP contribution in [0.3, 0.4) is 0 Å². The Labute approximate surface area is 200 Å². The summed E-state index contributed by atoms with van der Waals surface area (Å²) in [6, 6.07) is 19.1. The molecule has 0 saturated carbocycles. The molecule has 0 bridgehead atoms. The Kier molecular flexibility index (Phi) is 6.74. The molecule has 1 heterocycles. The van der Waals surface area contributed by atoms with E-state index in [2.05, 4.69) is 5.32 Å². The van der Waals surface area contributed by atoms with Gasteiger partial charge in [0.25, 0.3) is 5.91 Å². The lowest BCUT2D eigenvalue weighted by molar-refractivity contribution is 0.0951. The number of amides is 1. The van der Waals surface area contributed by atoms with Gasteiger partial charge in [-0.3, -0.25) is 9.59 Å². The lowest BCUT2D eigenvalue weighted by Crippen LogP contribution is -2.36. The molecule has 0 spiro atoms. The van der Waals surface area contributed by atoms with Crippen molar-refractivity contribution >= 4 is 46.4 Å². The summed E-state index contributed by atoms with van der Waals surface area (Å²) in [5, 5.41) is 3.37. The van der Waals surface area contributed by atoms with E-state index >= 15 is 0 Å². The summed E-state index contributed by atoms with van der Waals surface area (Å²) in [6.07, 6.45) is 1.57. The normalized spacial score (nSPS) is 16.5. The molecule has 1 unspecified atom stereocenters. The molecule has 168 valence electrons. The second-order valence-electron chi connectivity index (χ2n) is 7.40.